The topological polar surface area (TPSA) is 48.0 Å². The molecule has 0 radical (unpaired) electrons. The molecule has 2 rings (SSSR count). The summed E-state index contributed by atoms with van der Waals surface area (Å²) >= 11 is 1.30. The van der Waals surface area contributed by atoms with Gasteiger partial charge in [-0.05, 0) is 31.5 Å². The minimum Gasteiger partial charge on any atom is -0.399 e. The lowest BCUT2D eigenvalue weighted by Gasteiger charge is -2.05. The molecule has 1 aromatic heterocycles. The highest BCUT2D eigenvalue weighted by Gasteiger charge is 2.07. The van der Waals surface area contributed by atoms with Crippen LogP contribution in [-0.2, 0) is 6.54 Å². The van der Waals surface area contributed by atoms with Crippen LogP contribution < -0.4 is 10.6 Å². The van der Waals surface area contributed by atoms with Gasteiger partial charge in [-0.2, -0.15) is 0 Å². The van der Waals surface area contributed by atoms with Crippen molar-refractivity contribution in [1.29, 1.82) is 0 Å². The quantitative estimate of drug-likeness (QED) is 0.809. The molecule has 0 spiro atoms. The van der Waals surface area contributed by atoms with Crippen LogP contribution in [0.1, 0.15) is 16.1 Å². The van der Waals surface area contributed by atoms with Crippen LogP contribution in [0.2, 0.25) is 0 Å². The third-order valence-electron chi connectivity index (χ3n) is 2.67. The molecule has 0 saturated carbocycles. The molecule has 3 nitrogen and oxygen atoms in total. The Labute approximate surface area is 98.2 Å². The second-order valence-corrected chi connectivity index (χ2v) is 5.01. The Morgan fingerprint density at radius 1 is 1.38 bits per heavy atom. The highest BCUT2D eigenvalue weighted by atomic mass is 32.1. The highest BCUT2D eigenvalue weighted by molar-refractivity contribution is 7.09. The molecular formula is C12H14N2OS. The first-order valence-electron chi connectivity index (χ1n) is 5.09. The van der Waals surface area contributed by atoms with Gasteiger partial charge in [-0.3, -0.25) is 9.36 Å². The minimum atomic E-state index is 0.0948. The standard InChI is InChI=1S/C12H14N2OS/c1-8-9(2)16-12(15)14(8)7-10-4-3-5-11(13)6-10/h3-6H,7,13H2,1-2H3. The first kappa shape index (κ1) is 11.0. The van der Waals surface area contributed by atoms with Gasteiger partial charge in [0.05, 0.1) is 6.54 Å². The number of benzene rings is 1. The average molecular weight is 234 g/mol. The Kier molecular flexibility index (Phi) is 2.83. The molecule has 0 fully saturated rings. The van der Waals surface area contributed by atoms with Gasteiger partial charge < -0.3 is 5.73 Å². The molecule has 1 aromatic carbocycles. The largest absolute Gasteiger partial charge is 0.399 e. The monoisotopic (exact) mass is 234 g/mol. The smallest absolute Gasteiger partial charge is 0.307 e. The van der Waals surface area contributed by atoms with E-state index in [4.69, 9.17) is 5.73 Å². The van der Waals surface area contributed by atoms with Gasteiger partial charge in [0.15, 0.2) is 0 Å². The van der Waals surface area contributed by atoms with Gasteiger partial charge >= 0.3 is 4.87 Å². The Hall–Kier alpha value is -1.55. The molecule has 0 aliphatic carbocycles. The van der Waals surface area contributed by atoms with E-state index in [2.05, 4.69) is 0 Å². The van der Waals surface area contributed by atoms with Crippen molar-refractivity contribution in [2.45, 2.75) is 20.4 Å². The summed E-state index contributed by atoms with van der Waals surface area (Å²) in [5.41, 5.74) is 8.54. The summed E-state index contributed by atoms with van der Waals surface area (Å²) < 4.78 is 1.79. The second kappa shape index (κ2) is 4.14. The Morgan fingerprint density at radius 2 is 2.12 bits per heavy atom. The van der Waals surface area contributed by atoms with E-state index in [-0.39, 0.29) is 4.87 Å². The molecule has 0 atom stereocenters. The number of hydrogen-bond donors (Lipinski definition) is 1. The maximum atomic E-state index is 11.7. The molecule has 0 bridgehead atoms. The van der Waals surface area contributed by atoms with E-state index >= 15 is 0 Å². The fourth-order valence-electron chi connectivity index (χ4n) is 1.64. The molecule has 2 N–H and O–H groups in total. The lowest BCUT2D eigenvalue weighted by molar-refractivity contribution is 0.752. The van der Waals surface area contributed by atoms with Gasteiger partial charge in [0, 0.05) is 16.3 Å². The zero-order valence-electron chi connectivity index (χ0n) is 9.36. The summed E-state index contributed by atoms with van der Waals surface area (Å²) in [5.74, 6) is 0. The maximum absolute atomic E-state index is 11.7. The third kappa shape index (κ3) is 2.02. The van der Waals surface area contributed by atoms with E-state index in [0.717, 1.165) is 21.8 Å². The Balaban J connectivity index is 2.38. The number of aromatic nitrogens is 1. The number of nitrogen functional groups attached to an aromatic ring is 1. The number of aryl methyl sites for hydroxylation is 1. The van der Waals surface area contributed by atoms with E-state index in [0.29, 0.717) is 6.54 Å². The van der Waals surface area contributed by atoms with Crippen molar-refractivity contribution in [3.8, 4) is 0 Å². The normalized spacial score (nSPS) is 10.6. The summed E-state index contributed by atoms with van der Waals surface area (Å²) in [7, 11) is 0. The third-order valence-corrected chi connectivity index (χ3v) is 3.66. The van der Waals surface area contributed by atoms with Crippen molar-refractivity contribution in [3.63, 3.8) is 0 Å². The van der Waals surface area contributed by atoms with E-state index < -0.39 is 0 Å². The number of rotatable bonds is 2. The summed E-state index contributed by atoms with van der Waals surface area (Å²) in [6.07, 6.45) is 0. The summed E-state index contributed by atoms with van der Waals surface area (Å²) in [5, 5.41) is 0. The fourth-order valence-corrected chi connectivity index (χ4v) is 2.48. The van der Waals surface area contributed by atoms with Crippen molar-refractivity contribution in [1.82, 2.24) is 4.57 Å². The van der Waals surface area contributed by atoms with Crippen LogP contribution >= 0.6 is 11.3 Å². The maximum Gasteiger partial charge on any atom is 0.307 e. The molecule has 0 unspecified atom stereocenters. The van der Waals surface area contributed by atoms with Crippen LogP contribution in [-0.4, -0.2) is 4.57 Å². The molecule has 0 amide bonds. The fraction of sp³-hybridized carbons (Fsp3) is 0.250. The summed E-state index contributed by atoms with van der Waals surface area (Å²) in [6.45, 7) is 4.54. The van der Waals surface area contributed by atoms with Crippen molar-refractivity contribution >= 4 is 17.0 Å². The number of hydrogen-bond acceptors (Lipinski definition) is 3. The van der Waals surface area contributed by atoms with Gasteiger partial charge in [-0.25, -0.2) is 0 Å². The SMILES string of the molecule is Cc1sc(=O)n(Cc2cccc(N)c2)c1C. The zero-order chi connectivity index (χ0) is 11.7. The second-order valence-electron chi connectivity index (χ2n) is 3.84. The van der Waals surface area contributed by atoms with Crippen LogP contribution in [0.15, 0.2) is 29.1 Å². The molecule has 0 aliphatic heterocycles. The molecule has 1 heterocycles. The lowest BCUT2D eigenvalue weighted by atomic mass is 10.2. The zero-order valence-corrected chi connectivity index (χ0v) is 10.2. The molecule has 84 valence electrons. The van der Waals surface area contributed by atoms with Crippen LogP contribution in [0.25, 0.3) is 0 Å². The van der Waals surface area contributed by atoms with Crippen molar-refractivity contribution in [3.05, 3.63) is 50.1 Å². The first-order valence-corrected chi connectivity index (χ1v) is 5.91. The van der Waals surface area contributed by atoms with Gasteiger partial charge in [0.2, 0.25) is 0 Å². The number of anilines is 1. The van der Waals surface area contributed by atoms with Gasteiger partial charge in [-0.1, -0.05) is 23.5 Å². The number of nitrogens with two attached hydrogens (primary N) is 1. The summed E-state index contributed by atoms with van der Waals surface area (Å²) in [4.78, 5) is 12.9. The van der Waals surface area contributed by atoms with Gasteiger partial charge in [-0.15, -0.1) is 0 Å². The van der Waals surface area contributed by atoms with Crippen LogP contribution in [0, 0.1) is 13.8 Å². The van der Waals surface area contributed by atoms with Gasteiger partial charge in [0.25, 0.3) is 0 Å². The van der Waals surface area contributed by atoms with Crippen LogP contribution in [0.5, 0.6) is 0 Å². The number of thiazole rings is 1. The first-order chi connectivity index (χ1) is 7.58. The number of nitrogens with zero attached hydrogens (tertiary/aromatic N) is 1. The average Bonchev–Trinajstić information content (AvgIpc) is 2.45. The predicted molar refractivity (Wildman–Crippen MR) is 68.0 cm³/mol. The highest BCUT2D eigenvalue weighted by Crippen LogP contribution is 2.13. The molecule has 4 heteroatoms. The van der Waals surface area contributed by atoms with E-state index in [1.54, 1.807) is 4.57 Å². The van der Waals surface area contributed by atoms with E-state index in [9.17, 15) is 4.79 Å². The molecule has 16 heavy (non-hydrogen) atoms. The molecule has 0 saturated heterocycles. The Morgan fingerprint density at radius 3 is 2.69 bits per heavy atom. The van der Waals surface area contributed by atoms with Crippen molar-refractivity contribution < 1.29 is 0 Å². The van der Waals surface area contributed by atoms with E-state index in [1.165, 1.54) is 11.3 Å². The Bertz CT molecular complexity index is 569. The van der Waals surface area contributed by atoms with Crippen LogP contribution in [0.3, 0.4) is 0 Å². The lowest BCUT2D eigenvalue weighted by Crippen LogP contribution is -2.15. The van der Waals surface area contributed by atoms with Gasteiger partial charge in [0.1, 0.15) is 0 Å². The van der Waals surface area contributed by atoms with Crippen molar-refractivity contribution in [2.75, 3.05) is 5.73 Å². The molecule has 0 aliphatic rings. The van der Waals surface area contributed by atoms with Crippen molar-refractivity contribution in [2.24, 2.45) is 0 Å². The molecule has 2 aromatic rings. The van der Waals surface area contributed by atoms with E-state index in [1.807, 2.05) is 38.1 Å². The van der Waals surface area contributed by atoms with Crippen LogP contribution in [0.4, 0.5) is 5.69 Å². The molecular weight excluding hydrogens is 220 g/mol. The minimum absolute atomic E-state index is 0.0948. The predicted octanol–water partition coefficient (Wildman–Crippen LogP) is 2.16. The summed E-state index contributed by atoms with van der Waals surface area (Å²) in [6, 6.07) is 7.64.